The number of methoxy groups -OCH3 is 1. The number of halogens is 1. The molecule has 0 spiro atoms. The number of aryl methyl sites for hydroxylation is 1. The van der Waals surface area contributed by atoms with Crippen LogP contribution in [0, 0.1) is 11.8 Å². The number of carboxylic acid groups (broad SMARTS) is 1. The average Bonchev–Trinajstić information content (AvgIpc) is 3.26. The van der Waals surface area contributed by atoms with Crippen LogP contribution in [0.5, 0.6) is 5.75 Å². The number of aromatic nitrogens is 3. The quantitative estimate of drug-likeness (QED) is 0.420. The summed E-state index contributed by atoms with van der Waals surface area (Å²) in [5.41, 5.74) is 1.31. The van der Waals surface area contributed by atoms with E-state index >= 15 is 4.39 Å². The van der Waals surface area contributed by atoms with E-state index in [0.717, 1.165) is 41.3 Å². The Hall–Kier alpha value is -2.65. The molecule has 2 aromatic heterocycles. The molecule has 1 N–H and O–H groups in total. The summed E-state index contributed by atoms with van der Waals surface area (Å²) in [7, 11) is 3.55. The lowest BCUT2D eigenvalue weighted by Crippen LogP contribution is -2.44. The van der Waals surface area contributed by atoms with Crippen LogP contribution in [0.15, 0.2) is 48.0 Å². The Bertz CT molecular complexity index is 1120. The molecule has 0 radical (unpaired) electrons. The molecule has 7 nitrogen and oxygen atoms in total. The van der Waals surface area contributed by atoms with E-state index < -0.39 is 18.1 Å². The lowest BCUT2D eigenvalue weighted by Gasteiger charge is -2.36. The summed E-state index contributed by atoms with van der Waals surface area (Å²) >= 11 is 1.67. The van der Waals surface area contributed by atoms with Gasteiger partial charge in [0.1, 0.15) is 11.9 Å². The number of rotatable bonds is 10. The van der Waals surface area contributed by atoms with E-state index in [-0.39, 0.29) is 5.92 Å². The standard InChI is InChI=1S/C25H31FN4O3S/c1-29-12-10-28-25(29)34-14-13-30-11-8-17(21(16-30)24(31)32)3-5-22(26)19-7-9-27-23-6-4-18(33-2)15-20(19)23/h4,6-7,9-10,12,15,17,21-22H,3,5,8,11,13-14,16H2,1-2H3,(H,31,32)/t17-,21+,22?/m1/s1. The van der Waals surface area contributed by atoms with E-state index in [1.165, 1.54) is 0 Å². The van der Waals surface area contributed by atoms with Crippen LogP contribution < -0.4 is 4.74 Å². The van der Waals surface area contributed by atoms with Gasteiger partial charge in [-0.1, -0.05) is 11.8 Å². The molecule has 1 fully saturated rings. The number of fused-ring (bicyclic) bond motifs is 1. The first-order valence-corrected chi connectivity index (χ1v) is 12.6. The van der Waals surface area contributed by atoms with Gasteiger partial charge in [0, 0.05) is 49.9 Å². The number of imidazole rings is 1. The number of nitrogens with zero attached hydrogens (tertiary/aromatic N) is 4. The molecular formula is C25H31FN4O3S. The third kappa shape index (κ3) is 5.70. The summed E-state index contributed by atoms with van der Waals surface area (Å²) in [6.07, 6.45) is 5.73. The SMILES string of the molecule is COc1ccc2nccc(C(F)CC[C@@H]3CCN(CCSc4nccn4C)C[C@@H]3C(=O)O)c2c1. The second-order valence-electron chi connectivity index (χ2n) is 8.79. The number of hydrogen-bond acceptors (Lipinski definition) is 6. The van der Waals surface area contributed by atoms with E-state index in [1.807, 2.05) is 36.0 Å². The molecule has 4 rings (SSSR count). The summed E-state index contributed by atoms with van der Waals surface area (Å²) in [4.78, 5) is 22.9. The second-order valence-corrected chi connectivity index (χ2v) is 9.85. The van der Waals surface area contributed by atoms with Crippen LogP contribution in [0.1, 0.15) is 31.0 Å². The van der Waals surface area contributed by atoms with Gasteiger partial charge in [-0.3, -0.25) is 9.78 Å². The Kier molecular flexibility index (Phi) is 8.05. The van der Waals surface area contributed by atoms with Gasteiger partial charge in [-0.25, -0.2) is 9.37 Å². The maximum atomic E-state index is 15.4. The van der Waals surface area contributed by atoms with Crippen molar-refractivity contribution in [1.82, 2.24) is 19.4 Å². The van der Waals surface area contributed by atoms with Crippen LogP contribution in [0.4, 0.5) is 4.39 Å². The van der Waals surface area contributed by atoms with Crippen molar-refractivity contribution in [2.45, 2.75) is 30.6 Å². The Balaban J connectivity index is 1.34. The molecule has 1 aliphatic rings. The third-order valence-corrected chi connectivity index (χ3v) is 7.72. The Morgan fingerprint density at radius 1 is 1.32 bits per heavy atom. The van der Waals surface area contributed by atoms with E-state index in [9.17, 15) is 9.90 Å². The third-order valence-electron chi connectivity index (χ3n) is 6.68. The minimum atomic E-state index is -1.18. The minimum Gasteiger partial charge on any atom is -0.497 e. The van der Waals surface area contributed by atoms with Gasteiger partial charge in [-0.05, 0) is 61.6 Å². The molecule has 1 saturated heterocycles. The van der Waals surface area contributed by atoms with E-state index in [0.29, 0.717) is 30.7 Å². The van der Waals surface area contributed by atoms with Gasteiger partial charge in [0.2, 0.25) is 0 Å². The highest BCUT2D eigenvalue weighted by atomic mass is 32.2. The van der Waals surface area contributed by atoms with Crippen molar-refractivity contribution in [1.29, 1.82) is 0 Å². The number of hydrogen-bond donors (Lipinski definition) is 1. The van der Waals surface area contributed by atoms with Crippen molar-refractivity contribution in [3.63, 3.8) is 0 Å². The first kappa shape index (κ1) is 24.5. The van der Waals surface area contributed by atoms with E-state index in [2.05, 4.69) is 14.9 Å². The van der Waals surface area contributed by atoms with Gasteiger partial charge in [-0.2, -0.15) is 0 Å². The van der Waals surface area contributed by atoms with Crippen molar-refractivity contribution in [3.05, 3.63) is 48.4 Å². The zero-order valence-corrected chi connectivity index (χ0v) is 20.4. The minimum absolute atomic E-state index is 0.0307. The van der Waals surface area contributed by atoms with Crippen molar-refractivity contribution >= 4 is 28.6 Å². The molecule has 1 aromatic carbocycles. The van der Waals surface area contributed by atoms with Crippen molar-refractivity contribution in [3.8, 4) is 5.75 Å². The van der Waals surface area contributed by atoms with E-state index in [4.69, 9.17) is 4.74 Å². The highest BCUT2D eigenvalue weighted by molar-refractivity contribution is 7.99. The smallest absolute Gasteiger partial charge is 0.308 e. The molecule has 0 bridgehead atoms. The fourth-order valence-electron chi connectivity index (χ4n) is 4.72. The van der Waals surface area contributed by atoms with Gasteiger partial charge in [-0.15, -0.1) is 0 Å². The second kappa shape index (κ2) is 11.2. The predicted octanol–water partition coefficient (Wildman–Crippen LogP) is 4.58. The number of aliphatic carboxylic acids is 1. The Morgan fingerprint density at radius 3 is 2.91 bits per heavy atom. The molecule has 1 aliphatic heterocycles. The molecule has 1 unspecified atom stereocenters. The number of benzene rings is 1. The number of carboxylic acids is 1. The van der Waals surface area contributed by atoms with Crippen LogP contribution in [0.25, 0.3) is 10.9 Å². The van der Waals surface area contributed by atoms with Crippen LogP contribution in [-0.4, -0.2) is 63.0 Å². The summed E-state index contributed by atoms with van der Waals surface area (Å²) < 4.78 is 22.6. The molecule has 182 valence electrons. The molecule has 9 heteroatoms. The Labute approximate surface area is 203 Å². The lowest BCUT2D eigenvalue weighted by molar-refractivity contribution is -0.146. The monoisotopic (exact) mass is 486 g/mol. The summed E-state index contributed by atoms with van der Waals surface area (Å²) in [6, 6.07) is 7.16. The van der Waals surface area contributed by atoms with Crippen LogP contribution in [0.2, 0.25) is 0 Å². The van der Waals surface area contributed by atoms with Gasteiger partial charge in [0.25, 0.3) is 0 Å². The van der Waals surface area contributed by atoms with Gasteiger partial charge < -0.3 is 19.3 Å². The number of alkyl halides is 1. The number of carbonyl (C=O) groups is 1. The number of thioether (sulfide) groups is 1. The lowest BCUT2D eigenvalue weighted by atomic mass is 9.81. The van der Waals surface area contributed by atoms with Crippen molar-refractivity contribution in [2.24, 2.45) is 18.9 Å². The highest BCUT2D eigenvalue weighted by Crippen LogP contribution is 2.35. The van der Waals surface area contributed by atoms with Gasteiger partial charge in [0.15, 0.2) is 5.16 Å². The molecular weight excluding hydrogens is 455 g/mol. The number of piperidine rings is 1. The molecule has 0 amide bonds. The number of likely N-dealkylation sites (tertiary alicyclic amines) is 1. The summed E-state index contributed by atoms with van der Waals surface area (Å²) in [5, 5.41) is 11.6. The molecule has 0 aliphatic carbocycles. The maximum Gasteiger partial charge on any atom is 0.308 e. The van der Waals surface area contributed by atoms with Crippen LogP contribution in [-0.2, 0) is 11.8 Å². The van der Waals surface area contributed by atoms with E-state index in [1.54, 1.807) is 37.3 Å². The fraction of sp³-hybridized carbons (Fsp3) is 0.480. The summed E-state index contributed by atoms with van der Waals surface area (Å²) in [6.45, 7) is 2.15. The number of pyridine rings is 1. The topological polar surface area (TPSA) is 80.5 Å². The van der Waals surface area contributed by atoms with Crippen molar-refractivity contribution in [2.75, 3.05) is 32.5 Å². The zero-order chi connectivity index (χ0) is 24.1. The summed E-state index contributed by atoms with van der Waals surface area (Å²) in [5.74, 6) is 0.215. The van der Waals surface area contributed by atoms with Crippen LogP contribution >= 0.6 is 11.8 Å². The normalized spacial score (nSPS) is 19.9. The first-order chi connectivity index (χ1) is 16.5. The zero-order valence-electron chi connectivity index (χ0n) is 19.6. The highest BCUT2D eigenvalue weighted by Gasteiger charge is 2.34. The number of ether oxygens (including phenoxy) is 1. The van der Waals surface area contributed by atoms with Crippen LogP contribution in [0.3, 0.4) is 0 Å². The fourth-order valence-corrected chi connectivity index (χ4v) is 5.65. The van der Waals surface area contributed by atoms with Gasteiger partial charge in [0.05, 0.1) is 18.5 Å². The first-order valence-electron chi connectivity index (χ1n) is 11.6. The molecule has 3 aromatic rings. The van der Waals surface area contributed by atoms with Crippen molar-refractivity contribution < 1.29 is 19.0 Å². The largest absolute Gasteiger partial charge is 0.497 e. The molecule has 0 saturated carbocycles. The van der Waals surface area contributed by atoms with Gasteiger partial charge >= 0.3 is 5.97 Å². The predicted molar refractivity (Wildman–Crippen MR) is 131 cm³/mol. The Morgan fingerprint density at radius 2 is 2.18 bits per heavy atom. The molecule has 3 atom stereocenters. The average molecular weight is 487 g/mol. The maximum absolute atomic E-state index is 15.4. The molecule has 3 heterocycles. The molecule has 34 heavy (non-hydrogen) atoms.